The summed E-state index contributed by atoms with van der Waals surface area (Å²) in [7, 11) is 0. The van der Waals surface area contributed by atoms with Crippen molar-refractivity contribution in [1.82, 2.24) is 12.3 Å². The first-order valence-corrected chi connectivity index (χ1v) is 4.07. The second-order valence-corrected chi connectivity index (χ2v) is 2.97. The summed E-state index contributed by atoms with van der Waals surface area (Å²) in [5.74, 6) is -2.23. The number of Topliss-reactive ketones (excluding diaryl/α,β-unsaturated/α-hetero) is 4. The monoisotopic (exact) mass is 271 g/mol. The van der Waals surface area contributed by atoms with Crippen molar-refractivity contribution in [3.8, 4) is 0 Å². The molecule has 0 aromatic heterocycles. The minimum Gasteiger partial charge on any atom is -0.412 e. The van der Waals surface area contributed by atoms with Gasteiger partial charge < -0.3 is 17.8 Å². The summed E-state index contributed by atoms with van der Waals surface area (Å²) in [6.07, 6.45) is 0. The van der Waals surface area contributed by atoms with Gasteiger partial charge in [-0.3, -0.25) is 19.2 Å². The predicted octanol–water partition coefficient (Wildman–Crippen LogP) is -2.86. The van der Waals surface area contributed by atoms with Crippen LogP contribution in [0.25, 0.3) is 0 Å². The van der Waals surface area contributed by atoms with E-state index in [0.29, 0.717) is 0 Å². The van der Waals surface area contributed by atoms with Gasteiger partial charge in [0.25, 0.3) is 0 Å². The van der Waals surface area contributed by atoms with Gasteiger partial charge in [-0.25, -0.2) is 0 Å². The summed E-state index contributed by atoms with van der Waals surface area (Å²) >= 11 is 0. The first-order chi connectivity index (χ1) is 6.29. The van der Waals surface area contributed by atoms with Gasteiger partial charge in [-0.05, 0) is 27.7 Å². The van der Waals surface area contributed by atoms with E-state index in [0.717, 1.165) is 27.7 Å². The third-order valence-electron chi connectivity index (χ3n) is 1.66. The fourth-order valence-electron chi connectivity index (χ4n) is 1.20. The summed E-state index contributed by atoms with van der Waals surface area (Å²) < 4.78 is 0. The molecule has 0 unspecified atom stereocenters. The number of hydrogen-bond donors (Lipinski definition) is 2. The van der Waals surface area contributed by atoms with Crippen LogP contribution in [0.3, 0.4) is 0 Å². The number of carbonyl (C=O) groups excluding carboxylic acids is 4. The van der Waals surface area contributed by atoms with Gasteiger partial charge in [0.05, 0.1) is 11.1 Å². The van der Waals surface area contributed by atoms with Crippen LogP contribution in [0, 0.1) is 0 Å². The Bertz CT molecular complexity index is 297. The zero-order valence-electron chi connectivity index (χ0n) is 11.5. The summed E-state index contributed by atoms with van der Waals surface area (Å²) in [6, 6.07) is 0. The molecule has 0 saturated carbocycles. The van der Waals surface area contributed by atoms with Crippen LogP contribution in [0.15, 0.2) is 11.1 Å². The summed E-state index contributed by atoms with van der Waals surface area (Å²) in [4.78, 5) is 44.2. The molecule has 0 radical (unpaired) electrons. The van der Waals surface area contributed by atoms with Gasteiger partial charge in [-0.2, -0.15) is 0 Å². The minimum atomic E-state index is -0.557. The standard InChI is InChI=1S/C10H12O4.2H3N.Na.H2O/c1-5(11)9(6(2)12)10(7(3)13)8(4)14;;;;/h1-4H3;2*1H3;;1H2/q;;;+1;. The Morgan fingerprint density at radius 3 is 0.722 bits per heavy atom. The van der Waals surface area contributed by atoms with E-state index in [2.05, 4.69) is 0 Å². The maximum Gasteiger partial charge on any atom is 1.00 e. The Morgan fingerprint density at radius 1 is 0.556 bits per heavy atom. The molecular weight excluding hydrogens is 251 g/mol. The molecule has 18 heavy (non-hydrogen) atoms. The Hall–Kier alpha value is -0.700. The number of carbonyl (C=O) groups is 4. The van der Waals surface area contributed by atoms with Gasteiger partial charge in [-0.1, -0.05) is 0 Å². The fraction of sp³-hybridized carbons (Fsp3) is 0.400. The summed E-state index contributed by atoms with van der Waals surface area (Å²) in [5.41, 5.74) is -0.602. The van der Waals surface area contributed by atoms with Gasteiger partial charge >= 0.3 is 29.6 Å². The second kappa shape index (κ2) is 12.7. The Morgan fingerprint density at radius 2 is 0.667 bits per heavy atom. The van der Waals surface area contributed by atoms with Crippen molar-refractivity contribution in [2.45, 2.75) is 27.7 Å². The van der Waals surface area contributed by atoms with Crippen molar-refractivity contribution < 1.29 is 54.2 Å². The third-order valence-corrected chi connectivity index (χ3v) is 1.66. The Balaban J connectivity index is -0.000000141. The molecule has 8 heteroatoms. The first kappa shape index (κ1) is 30.4. The van der Waals surface area contributed by atoms with Crippen LogP contribution >= 0.6 is 0 Å². The number of rotatable bonds is 4. The number of hydrogen-bond acceptors (Lipinski definition) is 6. The molecule has 0 saturated heterocycles. The topological polar surface area (TPSA) is 170 Å². The minimum absolute atomic E-state index is 0. The van der Waals surface area contributed by atoms with Crippen molar-refractivity contribution in [2.24, 2.45) is 0 Å². The van der Waals surface area contributed by atoms with Crippen LogP contribution in [0.2, 0.25) is 0 Å². The Labute approximate surface area is 128 Å². The van der Waals surface area contributed by atoms with E-state index in [-0.39, 0.29) is 58.5 Å². The van der Waals surface area contributed by atoms with E-state index < -0.39 is 23.1 Å². The molecule has 0 aromatic rings. The van der Waals surface area contributed by atoms with Crippen molar-refractivity contribution >= 4 is 23.1 Å². The molecule has 0 amide bonds. The molecule has 0 aliphatic heterocycles. The normalized spacial score (nSPS) is 7.11. The van der Waals surface area contributed by atoms with E-state index >= 15 is 0 Å². The second-order valence-electron chi connectivity index (χ2n) is 2.97. The SMILES string of the molecule is CC(=O)C(C(C)=O)=C(C(C)=O)C(C)=O.N.N.O.[Na+]. The van der Waals surface area contributed by atoms with Crippen LogP contribution < -0.4 is 41.9 Å². The van der Waals surface area contributed by atoms with E-state index in [1.54, 1.807) is 0 Å². The maximum atomic E-state index is 11.1. The van der Waals surface area contributed by atoms with Crippen LogP contribution in [-0.4, -0.2) is 28.6 Å². The number of ketones is 4. The van der Waals surface area contributed by atoms with Crippen molar-refractivity contribution in [2.75, 3.05) is 0 Å². The van der Waals surface area contributed by atoms with Crippen molar-refractivity contribution in [3.05, 3.63) is 11.1 Å². The summed E-state index contributed by atoms with van der Waals surface area (Å²) in [6.45, 7) is 4.62. The molecule has 0 heterocycles. The van der Waals surface area contributed by atoms with E-state index in [9.17, 15) is 19.2 Å². The van der Waals surface area contributed by atoms with Crippen LogP contribution in [0.5, 0.6) is 0 Å². The maximum absolute atomic E-state index is 11.1. The van der Waals surface area contributed by atoms with Crippen LogP contribution in [-0.2, 0) is 19.2 Å². The van der Waals surface area contributed by atoms with Crippen molar-refractivity contribution in [1.29, 1.82) is 0 Å². The molecule has 0 aliphatic rings. The van der Waals surface area contributed by atoms with Gasteiger partial charge in [-0.15, -0.1) is 0 Å². The third kappa shape index (κ3) is 8.40. The first-order valence-electron chi connectivity index (χ1n) is 4.07. The molecular formula is C10H20N2NaO5+. The van der Waals surface area contributed by atoms with Gasteiger partial charge in [0.2, 0.25) is 0 Å². The van der Waals surface area contributed by atoms with E-state index in [1.807, 2.05) is 0 Å². The summed E-state index contributed by atoms with van der Waals surface area (Å²) in [5, 5.41) is 0. The fourth-order valence-corrected chi connectivity index (χ4v) is 1.20. The average molecular weight is 271 g/mol. The smallest absolute Gasteiger partial charge is 0.412 e. The van der Waals surface area contributed by atoms with E-state index in [1.165, 1.54) is 0 Å². The molecule has 0 atom stereocenters. The molecule has 8 N–H and O–H groups in total. The molecule has 100 valence electrons. The van der Waals surface area contributed by atoms with Crippen LogP contribution in [0.1, 0.15) is 27.7 Å². The quantitative estimate of drug-likeness (QED) is 0.241. The van der Waals surface area contributed by atoms with Gasteiger partial charge in [0, 0.05) is 0 Å². The molecule has 0 bridgehead atoms. The largest absolute Gasteiger partial charge is 1.00 e. The van der Waals surface area contributed by atoms with E-state index in [4.69, 9.17) is 0 Å². The molecule has 0 spiro atoms. The van der Waals surface area contributed by atoms with Crippen molar-refractivity contribution in [3.63, 3.8) is 0 Å². The zero-order valence-corrected chi connectivity index (χ0v) is 13.5. The van der Waals surface area contributed by atoms with Crippen LogP contribution in [0.4, 0.5) is 0 Å². The van der Waals surface area contributed by atoms with Gasteiger partial charge in [0.15, 0.2) is 23.1 Å². The molecule has 0 rings (SSSR count). The number of allylic oxidation sites excluding steroid dienone is 2. The molecule has 0 aromatic carbocycles. The average Bonchev–Trinajstić information content (AvgIpc) is 1.96. The zero-order chi connectivity index (χ0) is 11.5. The molecule has 0 fully saturated rings. The predicted molar refractivity (Wildman–Crippen MR) is 63.4 cm³/mol. The molecule has 0 aliphatic carbocycles. The van der Waals surface area contributed by atoms with Gasteiger partial charge in [0.1, 0.15) is 0 Å². The molecule has 7 nitrogen and oxygen atoms in total. The Kier molecular flexibility index (Phi) is 21.5.